The maximum atomic E-state index is 11.2. The lowest BCUT2D eigenvalue weighted by molar-refractivity contribution is 0.0685. The van der Waals surface area contributed by atoms with Crippen LogP contribution in [0.5, 0.6) is 0 Å². The third kappa shape index (κ3) is 1.52. The van der Waals surface area contributed by atoms with E-state index in [1.807, 2.05) is 20.0 Å². The zero-order valence-corrected chi connectivity index (χ0v) is 10.3. The van der Waals surface area contributed by atoms with E-state index in [1.165, 1.54) is 4.88 Å². The number of aryl methyl sites for hydroxylation is 2. The molecule has 0 aromatic carbocycles. The Morgan fingerprint density at radius 2 is 2.31 bits per heavy atom. The van der Waals surface area contributed by atoms with Crippen molar-refractivity contribution in [1.29, 1.82) is 0 Å². The molecule has 2 aromatic rings. The van der Waals surface area contributed by atoms with Crippen molar-refractivity contribution in [2.45, 2.75) is 13.5 Å². The maximum Gasteiger partial charge on any atom is 0.352 e. The summed E-state index contributed by atoms with van der Waals surface area (Å²) in [5.74, 6) is -0.867. The SMILES string of the molecule is CNCc1c(C(=O)O)n(C)c2cc(C)sc12. The topological polar surface area (TPSA) is 54.3 Å². The lowest BCUT2D eigenvalue weighted by Crippen LogP contribution is -2.12. The molecule has 0 saturated carbocycles. The van der Waals surface area contributed by atoms with Crippen LogP contribution in [0.1, 0.15) is 20.9 Å². The first-order valence-corrected chi connectivity index (χ1v) is 5.83. The molecule has 86 valence electrons. The van der Waals surface area contributed by atoms with Crippen LogP contribution < -0.4 is 5.32 Å². The zero-order chi connectivity index (χ0) is 11.9. The summed E-state index contributed by atoms with van der Waals surface area (Å²) in [7, 11) is 3.63. The van der Waals surface area contributed by atoms with Gasteiger partial charge < -0.3 is 15.0 Å². The van der Waals surface area contributed by atoms with Crippen LogP contribution in [0.3, 0.4) is 0 Å². The third-order valence-electron chi connectivity index (χ3n) is 2.65. The van der Waals surface area contributed by atoms with Crippen molar-refractivity contribution in [3.8, 4) is 0 Å². The highest BCUT2D eigenvalue weighted by Gasteiger charge is 2.21. The summed E-state index contributed by atoms with van der Waals surface area (Å²) < 4.78 is 2.83. The zero-order valence-electron chi connectivity index (χ0n) is 9.50. The van der Waals surface area contributed by atoms with Crippen LogP contribution in [-0.2, 0) is 13.6 Å². The minimum absolute atomic E-state index is 0.385. The molecule has 0 fully saturated rings. The first-order chi connectivity index (χ1) is 7.56. The summed E-state index contributed by atoms with van der Waals surface area (Å²) >= 11 is 1.65. The monoisotopic (exact) mass is 238 g/mol. The molecule has 0 bridgehead atoms. The Kier molecular flexibility index (Phi) is 2.73. The van der Waals surface area contributed by atoms with Gasteiger partial charge >= 0.3 is 5.97 Å². The van der Waals surface area contributed by atoms with E-state index < -0.39 is 5.97 Å². The lowest BCUT2D eigenvalue weighted by atomic mass is 10.2. The maximum absolute atomic E-state index is 11.2. The molecule has 5 heteroatoms. The number of carboxylic acids is 1. The predicted molar refractivity (Wildman–Crippen MR) is 65.3 cm³/mol. The third-order valence-corrected chi connectivity index (χ3v) is 3.75. The highest BCUT2D eigenvalue weighted by atomic mass is 32.1. The number of aromatic carboxylic acids is 1. The number of nitrogens with one attached hydrogen (secondary N) is 1. The number of nitrogens with zero attached hydrogens (tertiary/aromatic N) is 1. The van der Waals surface area contributed by atoms with Crippen LogP contribution >= 0.6 is 11.3 Å². The number of aromatic nitrogens is 1. The van der Waals surface area contributed by atoms with Gasteiger partial charge in [-0.15, -0.1) is 11.3 Å². The van der Waals surface area contributed by atoms with Crippen molar-refractivity contribution >= 4 is 27.5 Å². The first kappa shape index (κ1) is 11.2. The minimum atomic E-state index is -0.867. The van der Waals surface area contributed by atoms with Crippen molar-refractivity contribution in [3.05, 3.63) is 22.2 Å². The smallest absolute Gasteiger partial charge is 0.352 e. The summed E-state index contributed by atoms with van der Waals surface area (Å²) in [5.41, 5.74) is 2.27. The average molecular weight is 238 g/mol. The Labute approximate surface area is 97.5 Å². The molecule has 0 unspecified atom stereocenters. The van der Waals surface area contributed by atoms with Crippen LogP contribution in [-0.4, -0.2) is 22.7 Å². The molecule has 0 radical (unpaired) electrons. The number of carbonyl (C=O) groups is 1. The number of fused-ring (bicyclic) bond motifs is 1. The second kappa shape index (κ2) is 3.92. The largest absolute Gasteiger partial charge is 0.477 e. The molecule has 0 aliphatic rings. The molecule has 0 aliphatic carbocycles. The predicted octanol–water partition coefficient (Wildman–Crippen LogP) is 1.97. The van der Waals surface area contributed by atoms with E-state index in [9.17, 15) is 9.90 Å². The fraction of sp³-hybridized carbons (Fsp3) is 0.364. The van der Waals surface area contributed by atoms with Gasteiger partial charge in [0.2, 0.25) is 0 Å². The van der Waals surface area contributed by atoms with Crippen LogP contribution in [0.4, 0.5) is 0 Å². The van der Waals surface area contributed by atoms with E-state index in [4.69, 9.17) is 0 Å². The van der Waals surface area contributed by atoms with Gasteiger partial charge in [0.05, 0.1) is 10.2 Å². The molecule has 2 N–H and O–H groups in total. The fourth-order valence-electron chi connectivity index (χ4n) is 2.01. The van der Waals surface area contributed by atoms with Gasteiger partial charge in [0.15, 0.2) is 0 Å². The molecule has 2 heterocycles. The normalized spacial score (nSPS) is 11.2. The second-order valence-electron chi connectivity index (χ2n) is 3.79. The van der Waals surface area contributed by atoms with E-state index in [0.29, 0.717) is 12.2 Å². The van der Waals surface area contributed by atoms with E-state index in [2.05, 4.69) is 5.32 Å². The average Bonchev–Trinajstić information content (AvgIpc) is 2.67. The summed E-state index contributed by atoms with van der Waals surface area (Å²) in [5, 5.41) is 12.2. The van der Waals surface area contributed by atoms with Gasteiger partial charge in [0.25, 0.3) is 0 Å². The number of rotatable bonds is 3. The Morgan fingerprint density at radius 3 is 2.88 bits per heavy atom. The van der Waals surface area contributed by atoms with Crippen LogP contribution in [0.2, 0.25) is 0 Å². The van der Waals surface area contributed by atoms with E-state index >= 15 is 0 Å². The molecule has 0 saturated heterocycles. The van der Waals surface area contributed by atoms with E-state index in [-0.39, 0.29) is 0 Å². The molecule has 0 atom stereocenters. The van der Waals surface area contributed by atoms with Gasteiger partial charge in [-0.3, -0.25) is 0 Å². The van der Waals surface area contributed by atoms with Crippen molar-refractivity contribution in [2.24, 2.45) is 7.05 Å². The molecule has 0 amide bonds. The highest BCUT2D eigenvalue weighted by Crippen LogP contribution is 2.32. The lowest BCUT2D eigenvalue weighted by Gasteiger charge is -2.02. The summed E-state index contributed by atoms with van der Waals surface area (Å²) in [4.78, 5) is 12.4. The molecule has 0 spiro atoms. The number of carboxylic acid groups (broad SMARTS) is 1. The summed E-state index contributed by atoms with van der Waals surface area (Å²) in [6.07, 6.45) is 0. The summed E-state index contributed by atoms with van der Waals surface area (Å²) in [6.45, 7) is 2.62. The van der Waals surface area contributed by atoms with Gasteiger partial charge in [-0.05, 0) is 20.0 Å². The van der Waals surface area contributed by atoms with Crippen molar-refractivity contribution in [2.75, 3.05) is 7.05 Å². The Balaban J connectivity index is 2.77. The molecule has 2 rings (SSSR count). The number of thiophene rings is 1. The van der Waals surface area contributed by atoms with Gasteiger partial charge in [0.1, 0.15) is 5.69 Å². The molecule has 4 nitrogen and oxygen atoms in total. The van der Waals surface area contributed by atoms with Gasteiger partial charge in [0, 0.05) is 24.0 Å². The Morgan fingerprint density at radius 1 is 1.62 bits per heavy atom. The fourth-order valence-corrected chi connectivity index (χ4v) is 3.09. The van der Waals surface area contributed by atoms with Gasteiger partial charge in [-0.2, -0.15) is 0 Å². The first-order valence-electron chi connectivity index (χ1n) is 5.01. The summed E-state index contributed by atoms with van der Waals surface area (Å²) in [6, 6.07) is 2.03. The molecular weight excluding hydrogens is 224 g/mol. The van der Waals surface area contributed by atoms with Gasteiger partial charge in [-0.25, -0.2) is 4.79 Å². The minimum Gasteiger partial charge on any atom is -0.477 e. The number of hydrogen-bond donors (Lipinski definition) is 2. The molecular formula is C11H14N2O2S. The molecule has 2 aromatic heterocycles. The quantitative estimate of drug-likeness (QED) is 0.859. The highest BCUT2D eigenvalue weighted by molar-refractivity contribution is 7.19. The van der Waals surface area contributed by atoms with E-state index in [1.54, 1.807) is 23.0 Å². The second-order valence-corrected chi connectivity index (χ2v) is 5.05. The van der Waals surface area contributed by atoms with Crippen molar-refractivity contribution in [3.63, 3.8) is 0 Å². The molecule has 0 aliphatic heterocycles. The van der Waals surface area contributed by atoms with Crippen molar-refractivity contribution < 1.29 is 9.90 Å². The van der Waals surface area contributed by atoms with Crippen LogP contribution in [0.15, 0.2) is 6.07 Å². The van der Waals surface area contributed by atoms with Gasteiger partial charge in [-0.1, -0.05) is 0 Å². The Hall–Kier alpha value is -1.33. The van der Waals surface area contributed by atoms with E-state index in [0.717, 1.165) is 15.8 Å². The standard InChI is InChI=1S/C11H14N2O2S/c1-6-4-8-10(16-6)7(5-12-2)9(11(14)15)13(8)3/h4,12H,5H2,1-3H3,(H,14,15). The Bertz CT molecular complexity index is 554. The van der Waals surface area contributed by atoms with Crippen molar-refractivity contribution in [1.82, 2.24) is 9.88 Å². The number of hydrogen-bond acceptors (Lipinski definition) is 3. The van der Waals surface area contributed by atoms with Crippen LogP contribution in [0, 0.1) is 6.92 Å². The molecule has 16 heavy (non-hydrogen) atoms. The van der Waals surface area contributed by atoms with Crippen LogP contribution in [0.25, 0.3) is 10.2 Å².